The van der Waals surface area contributed by atoms with Crippen LogP contribution in [0.2, 0.25) is 0 Å². The first-order valence-electron chi connectivity index (χ1n) is 11.3. The third kappa shape index (κ3) is 5.04. The molecule has 3 heterocycles. The van der Waals surface area contributed by atoms with Crippen LogP contribution in [0.1, 0.15) is 23.5 Å². The monoisotopic (exact) mass is 562 g/mol. The average Bonchev–Trinajstić information content (AvgIpc) is 3.50. The summed E-state index contributed by atoms with van der Waals surface area (Å²) in [5.74, 6) is 1.31. The molecule has 182 valence electrons. The molecule has 5 rings (SSSR count). The van der Waals surface area contributed by atoms with Gasteiger partial charge in [-0.1, -0.05) is 34.1 Å². The molecular formula is C27H23BrN4O3S. The fourth-order valence-corrected chi connectivity index (χ4v) is 4.85. The van der Waals surface area contributed by atoms with Crippen LogP contribution < -0.4 is 15.5 Å². The number of furan rings is 1. The van der Waals surface area contributed by atoms with E-state index >= 15 is 0 Å². The van der Waals surface area contributed by atoms with Gasteiger partial charge in [-0.25, -0.2) is 0 Å². The molecule has 2 N–H and O–H groups in total. The Labute approximate surface area is 222 Å². The fourth-order valence-electron chi connectivity index (χ4n) is 4.24. The molecule has 2 aromatic carbocycles. The third-order valence-electron chi connectivity index (χ3n) is 5.85. The summed E-state index contributed by atoms with van der Waals surface area (Å²) in [6.45, 7) is -0.00505. The molecule has 9 heteroatoms. The van der Waals surface area contributed by atoms with E-state index < -0.39 is 0 Å². The minimum absolute atomic E-state index is 0.00505. The van der Waals surface area contributed by atoms with Crippen LogP contribution in [0.3, 0.4) is 0 Å². The van der Waals surface area contributed by atoms with Gasteiger partial charge < -0.3 is 24.7 Å². The van der Waals surface area contributed by atoms with Gasteiger partial charge in [0, 0.05) is 34.7 Å². The first-order valence-corrected chi connectivity index (χ1v) is 12.5. The maximum absolute atomic E-state index is 11.9. The zero-order chi connectivity index (χ0) is 25.1. The number of aromatic nitrogens is 1. The Morgan fingerprint density at radius 3 is 2.58 bits per heavy atom. The second-order valence-corrected chi connectivity index (χ2v) is 9.54. The zero-order valence-corrected chi connectivity index (χ0v) is 21.8. The van der Waals surface area contributed by atoms with Gasteiger partial charge in [-0.05, 0) is 72.9 Å². The van der Waals surface area contributed by atoms with Crippen LogP contribution in [-0.4, -0.2) is 29.7 Å². The minimum atomic E-state index is -0.273. The summed E-state index contributed by atoms with van der Waals surface area (Å²) in [5, 5.41) is 6.81. The summed E-state index contributed by atoms with van der Waals surface area (Å²) in [4.78, 5) is 18.5. The van der Waals surface area contributed by atoms with Crippen molar-refractivity contribution in [2.24, 2.45) is 0 Å². The Kier molecular flexibility index (Phi) is 7.13. The molecule has 1 aliphatic rings. The Hall–Kier alpha value is -3.53. The molecule has 7 nitrogen and oxygen atoms in total. The molecule has 1 amide bonds. The number of ether oxygens (including phenoxy) is 1. The summed E-state index contributed by atoms with van der Waals surface area (Å²) in [7, 11) is 1.49. The highest BCUT2D eigenvalue weighted by atomic mass is 79.9. The van der Waals surface area contributed by atoms with Gasteiger partial charge in [0.25, 0.3) is 0 Å². The summed E-state index contributed by atoms with van der Waals surface area (Å²) < 4.78 is 12.3. The lowest BCUT2D eigenvalue weighted by Gasteiger charge is -2.26. The number of pyridine rings is 1. The summed E-state index contributed by atoms with van der Waals surface area (Å²) >= 11 is 9.26. The third-order valence-corrected chi connectivity index (χ3v) is 6.69. The molecule has 0 spiro atoms. The Balaban J connectivity index is 1.50. The van der Waals surface area contributed by atoms with Crippen molar-refractivity contribution in [1.29, 1.82) is 0 Å². The van der Waals surface area contributed by atoms with Crippen molar-refractivity contribution in [2.45, 2.75) is 12.1 Å². The van der Waals surface area contributed by atoms with Crippen LogP contribution >= 0.6 is 28.1 Å². The van der Waals surface area contributed by atoms with E-state index in [-0.39, 0.29) is 24.6 Å². The van der Waals surface area contributed by atoms with Crippen molar-refractivity contribution < 1.29 is 13.9 Å². The van der Waals surface area contributed by atoms with Crippen molar-refractivity contribution in [3.8, 4) is 11.3 Å². The van der Waals surface area contributed by atoms with E-state index in [1.54, 1.807) is 6.20 Å². The Bertz CT molecular complexity index is 1360. The van der Waals surface area contributed by atoms with Crippen LogP contribution in [0.5, 0.6) is 0 Å². The van der Waals surface area contributed by atoms with Crippen LogP contribution in [0.25, 0.3) is 11.3 Å². The molecule has 0 bridgehead atoms. The second-order valence-electron chi connectivity index (χ2n) is 8.23. The molecule has 2 aromatic heterocycles. The molecule has 2 unspecified atom stereocenters. The van der Waals surface area contributed by atoms with E-state index in [0.29, 0.717) is 10.8 Å². The van der Waals surface area contributed by atoms with E-state index in [4.69, 9.17) is 21.4 Å². The maximum Gasteiger partial charge on any atom is 0.250 e. The van der Waals surface area contributed by atoms with E-state index in [1.165, 1.54) is 7.11 Å². The number of anilines is 2. The topological polar surface area (TPSA) is 79.6 Å². The van der Waals surface area contributed by atoms with Gasteiger partial charge in [0.15, 0.2) is 5.11 Å². The van der Waals surface area contributed by atoms with Crippen LogP contribution in [0, 0.1) is 0 Å². The number of nitrogens with one attached hydrogen (secondary N) is 2. The number of thiocarbonyl (C=S) groups is 1. The van der Waals surface area contributed by atoms with E-state index in [1.807, 2.05) is 83.8 Å². The fraction of sp³-hybridized carbons (Fsp3) is 0.148. The summed E-state index contributed by atoms with van der Waals surface area (Å²) in [6, 6.07) is 24.8. The van der Waals surface area contributed by atoms with Crippen molar-refractivity contribution in [1.82, 2.24) is 10.3 Å². The number of amides is 1. The highest BCUT2D eigenvalue weighted by Gasteiger charge is 2.42. The summed E-state index contributed by atoms with van der Waals surface area (Å²) in [5.41, 5.74) is 3.38. The molecule has 0 aliphatic carbocycles. The second kappa shape index (κ2) is 10.6. The first kappa shape index (κ1) is 24.2. The van der Waals surface area contributed by atoms with Crippen molar-refractivity contribution in [3.05, 3.63) is 101 Å². The normalized spacial score (nSPS) is 17.2. The molecule has 1 fully saturated rings. The number of carbonyl (C=O) groups is 1. The first-order chi connectivity index (χ1) is 17.5. The predicted molar refractivity (Wildman–Crippen MR) is 147 cm³/mol. The SMILES string of the molecule is COCC(=O)Nc1ccc(N2C(=S)NC(c3ccccn3)C2c2ccc(-c3ccc(Br)cc3)o2)cc1. The predicted octanol–water partition coefficient (Wildman–Crippen LogP) is 5.87. The number of rotatable bonds is 7. The molecule has 2 atom stereocenters. The van der Waals surface area contributed by atoms with Gasteiger partial charge in [0.1, 0.15) is 24.2 Å². The standard InChI is InChI=1S/C27H23BrN4O3S/c1-34-16-24(33)30-19-9-11-20(12-10-19)32-26(25(31-27(32)36)21-4-2-3-15-29-21)23-14-13-22(35-23)17-5-7-18(28)8-6-17/h2-15,25-26H,16H2,1H3,(H,30,33)(H,31,36). The molecule has 4 aromatic rings. The number of hydrogen-bond acceptors (Lipinski definition) is 5. The molecular weight excluding hydrogens is 540 g/mol. The number of halogens is 1. The lowest BCUT2D eigenvalue weighted by Crippen LogP contribution is -2.29. The van der Waals surface area contributed by atoms with Crippen molar-refractivity contribution in [2.75, 3.05) is 23.9 Å². The molecule has 1 aliphatic heterocycles. The van der Waals surface area contributed by atoms with Gasteiger partial charge in [0.05, 0.1) is 11.7 Å². The largest absolute Gasteiger partial charge is 0.459 e. The van der Waals surface area contributed by atoms with Crippen molar-refractivity contribution >= 4 is 50.5 Å². The Morgan fingerprint density at radius 1 is 1.11 bits per heavy atom. The highest BCUT2D eigenvalue weighted by molar-refractivity contribution is 9.10. The van der Waals surface area contributed by atoms with E-state index in [2.05, 4.69) is 31.5 Å². The minimum Gasteiger partial charge on any atom is -0.459 e. The highest BCUT2D eigenvalue weighted by Crippen LogP contribution is 2.43. The number of hydrogen-bond donors (Lipinski definition) is 2. The molecule has 36 heavy (non-hydrogen) atoms. The van der Waals surface area contributed by atoms with Crippen molar-refractivity contribution in [3.63, 3.8) is 0 Å². The smallest absolute Gasteiger partial charge is 0.250 e. The van der Waals surface area contributed by atoms with Gasteiger partial charge in [-0.2, -0.15) is 0 Å². The molecule has 0 radical (unpaired) electrons. The molecule has 0 saturated carbocycles. The molecule has 1 saturated heterocycles. The van der Waals surface area contributed by atoms with Crippen LogP contribution in [0.15, 0.2) is 93.9 Å². The quantitative estimate of drug-likeness (QED) is 0.273. The van der Waals surface area contributed by atoms with E-state index in [0.717, 1.165) is 32.9 Å². The van der Waals surface area contributed by atoms with Crippen LogP contribution in [0.4, 0.5) is 11.4 Å². The lowest BCUT2D eigenvalue weighted by atomic mass is 10.0. The van der Waals surface area contributed by atoms with E-state index in [9.17, 15) is 4.79 Å². The van der Waals surface area contributed by atoms with Gasteiger partial charge in [-0.3, -0.25) is 9.78 Å². The number of benzene rings is 2. The average molecular weight is 563 g/mol. The van der Waals surface area contributed by atoms with Gasteiger partial charge in [0.2, 0.25) is 5.91 Å². The van der Waals surface area contributed by atoms with Gasteiger partial charge in [-0.15, -0.1) is 0 Å². The number of nitrogens with zero attached hydrogens (tertiary/aromatic N) is 2. The Morgan fingerprint density at radius 2 is 1.89 bits per heavy atom. The number of methoxy groups -OCH3 is 1. The zero-order valence-electron chi connectivity index (χ0n) is 19.4. The lowest BCUT2D eigenvalue weighted by molar-refractivity contribution is -0.119. The van der Waals surface area contributed by atoms with Crippen LogP contribution in [-0.2, 0) is 9.53 Å². The van der Waals surface area contributed by atoms with Gasteiger partial charge >= 0.3 is 0 Å². The maximum atomic E-state index is 11.9. The summed E-state index contributed by atoms with van der Waals surface area (Å²) in [6.07, 6.45) is 1.77. The number of carbonyl (C=O) groups excluding carboxylic acids is 1.